The molecule has 1 aromatic carbocycles. The number of nitrogens with zero attached hydrogens (tertiary/aromatic N) is 2. The molecule has 3 fully saturated rings. The Hall–Kier alpha value is -1.95. The van der Waals surface area contributed by atoms with Crippen LogP contribution in [0.25, 0.3) is 0 Å². The number of benzene rings is 1. The first-order chi connectivity index (χ1) is 14.6. The van der Waals surface area contributed by atoms with E-state index in [1.54, 1.807) is 23.1 Å². The molecule has 0 unspecified atom stereocenters. The Morgan fingerprint density at radius 2 is 1.53 bits per heavy atom. The summed E-state index contributed by atoms with van der Waals surface area (Å²) >= 11 is 0. The molecule has 2 aliphatic heterocycles. The summed E-state index contributed by atoms with van der Waals surface area (Å²) in [5, 5.41) is 3.29. The second-order valence-electron chi connectivity index (χ2n) is 9.16. The van der Waals surface area contributed by atoms with E-state index >= 15 is 0 Å². The summed E-state index contributed by atoms with van der Waals surface area (Å²) in [5.41, 5.74) is 0.167. The maximum atomic E-state index is 13.9. The molecule has 1 N–H and O–H groups in total. The highest BCUT2D eigenvalue weighted by atomic mass is 19.1. The highest BCUT2D eigenvalue weighted by Gasteiger charge is 2.32. The molecule has 0 spiro atoms. The van der Waals surface area contributed by atoms with Crippen LogP contribution in [0.1, 0.15) is 68.1 Å². The lowest BCUT2D eigenvalue weighted by atomic mass is 9.91. The normalized spacial score (nSPS) is 22.8. The standard InChI is InChI=1S/C24H34FN3O2/c25-22-9-5-4-8-21(22)24(30)28-16-12-20(13-17-28)27-14-10-18(11-15-27)23(29)26-19-6-2-1-3-7-19/h4-5,8-9,18-20H,1-3,6-7,10-17H2,(H,26,29). The fourth-order valence-electron chi connectivity index (χ4n) is 5.33. The van der Waals surface area contributed by atoms with Crippen molar-refractivity contribution in [2.45, 2.75) is 69.9 Å². The van der Waals surface area contributed by atoms with E-state index in [0.717, 1.165) is 51.6 Å². The van der Waals surface area contributed by atoms with Gasteiger partial charge in [-0.1, -0.05) is 31.4 Å². The van der Waals surface area contributed by atoms with E-state index in [-0.39, 0.29) is 23.3 Å². The van der Waals surface area contributed by atoms with E-state index in [1.165, 1.54) is 25.3 Å². The van der Waals surface area contributed by atoms with Crippen LogP contribution in [0.5, 0.6) is 0 Å². The smallest absolute Gasteiger partial charge is 0.256 e. The van der Waals surface area contributed by atoms with E-state index < -0.39 is 5.82 Å². The lowest BCUT2D eigenvalue weighted by molar-refractivity contribution is -0.127. The van der Waals surface area contributed by atoms with Gasteiger partial charge >= 0.3 is 0 Å². The first-order valence-corrected chi connectivity index (χ1v) is 11.7. The molecule has 1 aromatic rings. The fraction of sp³-hybridized carbons (Fsp3) is 0.667. The quantitative estimate of drug-likeness (QED) is 0.818. The van der Waals surface area contributed by atoms with Gasteiger partial charge in [-0.25, -0.2) is 4.39 Å². The Bertz CT molecular complexity index is 734. The first-order valence-electron chi connectivity index (χ1n) is 11.7. The van der Waals surface area contributed by atoms with Crippen LogP contribution in [0.2, 0.25) is 0 Å². The third-order valence-corrected chi connectivity index (χ3v) is 7.22. The second kappa shape index (κ2) is 9.90. The third kappa shape index (κ3) is 5.02. The van der Waals surface area contributed by atoms with Gasteiger partial charge in [-0.2, -0.15) is 0 Å². The Labute approximate surface area is 179 Å². The number of hydrogen-bond donors (Lipinski definition) is 1. The Morgan fingerprint density at radius 1 is 0.867 bits per heavy atom. The van der Waals surface area contributed by atoms with Crippen LogP contribution in [0, 0.1) is 11.7 Å². The molecule has 5 nitrogen and oxygen atoms in total. The van der Waals surface area contributed by atoms with Gasteiger partial charge in [0.2, 0.25) is 5.91 Å². The highest BCUT2D eigenvalue weighted by molar-refractivity contribution is 5.94. The zero-order valence-electron chi connectivity index (χ0n) is 17.8. The van der Waals surface area contributed by atoms with E-state index in [2.05, 4.69) is 10.2 Å². The maximum Gasteiger partial charge on any atom is 0.256 e. The lowest BCUT2D eigenvalue weighted by Gasteiger charge is -2.41. The highest BCUT2D eigenvalue weighted by Crippen LogP contribution is 2.26. The number of amides is 2. The van der Waals surface area contributed by atoms with Gasteiger partial charge in [-0.3, -0.25) is 9.59 Å². The number of likely N-dealkylation sites (tertiary alicyclic amines) is 2. The van der Waals surface area contributed by atoms with Crippen molar-refractivity contribution >= 4 is 11.8 Å². The van der Waals surface area contributed by atoms with Crippen LogP contribution in [0.4, 0.5) is 4.39 Å². The van der Waals surface area contributed by atoms with E-state index in [9.17, 15) is 14.0 Å². The molecule has 6 heteroatoms. The molecule has 0 atom stereocenters. The van der Waals surface area contributed by atoms with Crippen LogP contribution in [0.15, 0.2) is 24.3 Å². The zero-order valence-corrected chi connectivity index (χ0v) is 17.8. The summed E-state index contributed by atoms with van der Waals surface area (Å²) in [5.74, 6) is -0.249. The number of carbonyl (C=O) groups excluding carboxylic acids is 2. The van der Waals surface area contributed by atoms with E-state index in [1.807, 2.05) is 0 Å². The predicted molar refractivity (Wildman–Crippen MR) is 115 cm³/mol. The average molecular weight is 416 g/mol. The molecular formula is C24H34FN3O2. The summed E-state index contributed by atoms with van der Waals surface area (Å²) in [4.78, 5) is 29.5. The third-order valence-electron chi connectivity index (χ3n) is 7.22. The zero-order chi connectivity index (χ0) is 20.9. The summed E-state index contributed by atoms with van der Waals surface area (Å²) in [7, 11) is 0. The molecule has 3 aliphatic rings. The molecule has 1 aliphatic carbocycles. The maximum absolute atomic E-state index is 13.9. The minimum absolute atomic E-state index is 0.144. The molecule has 0 aromatic heterocycles. The Kier molecular flexibility index (Phi) is 7.03. The minimum atomic E-state index is -0.446. The molecule has 0 radical (unpaired) electrons. The van der Waals surface area contributed by atoms with Crippen molar-refractivity contribution in [2.24, 2.45) is 5.92 Å². The van der Waals surface area contributed by atoms with Gasteiger partial charge in [0.1, 0.15) is 5.82 Å². The van der Waals surface area contributed by atoms with Gasteiger partial charge in [0.25, 0.3) is 5.91 Å². The number of nitrogens with one attached hydrogen (secondary N) is 1. The monoisotopic (exact) mass is 415 g/mol. The van der Waals surface area contributed by atoms with Crippen molar-refractivity contribution in [3.05, 3.63) is 35.6 Å². The van der Waals surface area contributed by atoms with Crippen molar-refractivity contribution in [1.82, 2.24) is 15.1 Å². The topological polar surface area (TPSA) is 52.7 Å². The predicted octanol–water partition coefficient (Wildman–Crippen LogP) is 3.59. The van der Waals surface area contributed by atoms with Crippen molar-refractivity contribution < 1.29 is 14.0 Å². The lowest BCUT2D eigenvalue weighted by Crippen LogP contribution is -2.50. The van der Waals surface area contributed by atoms with Crippen molar-refractivity contribution in [1.29, 1.82) is 0 Å². The number of rotatable bonds is 4. The second-order valence-corrected chi connectivity index (χ2v) is 9.16. The molecule has 2 heterocycles. The minimum Gasteiger partial charge on any atom is -0.353 e. The summed E-state index contributed by atoms with van der Waals surface area (Å²) in [6, 6.07) is 7.06. The van der Waals surface area contributed by atoms with Gasteiger partial charge in [-0.05, 0) is 63.7 Å². The molecule has 4 rings (SSSR count). The van der Waals surface area contributed by atoms with Crippen LogP contribution in [0.3, 0.4) is 0 Å². The number of hydrogen-bond acceptors (Lipinski definition) is 3. The van der Waals surface area contributed by atoms with E-state index in [4.69, 9.17) is 0 Å². The molecule has 2 amide bonds. The van der Waals surface area contributed by atoms with Gasteiger partial charge in [-0.15, -0.1) is 0 Å². The largest absolute Gasteiger partial charge is 0.353 e. The van der Waals surface area contributed by atoms with Crippen molar-refractivity contribution in [3.63, 3.8) is 0 Å². The molecular weight excluding hydrogens is 381 g/mol. The molecule has 164 valence electrons. The summed E-state index contributed by atoms with van der Waals surface area (Å²) in [6.07, 6.45) is 9.72. The van der Waals surface area contributed by atoms with Gasteiger partial charge in [0.05, 0.1) is 5.56 Å². The summed E-state index contributed by atoms with van der Waals surface area (Å²) in [6.45, 7) is 3.24. The number of halogens is 1. The van der Waals surface area contributed by atoms with Gasteiger partial charge in [0.15, 0.2) is 0 Å². The van der Waals surface area contributed by atoms with Crippen molar-refractivity contribution in [2.75, 3.05) is 26.2 Å². The molecule has 0 bridgehead atoms. The molecule has 30 heavy (non-hydrogen) atoms. The van der Waals surface area contributed by atoms with Gasteiger partial charge < -0.3 is 15.1 Å². The number of piperidine rings is 2. The van der Waals surface area contributed by atoms with Crippen LogP contribution in [-0.2, 0) is 4.79 Å². The van der Waals surface area contributed by atoms with E-state index in [0.29, 0.717) is 25.2 Å². The Balaban J connectivity index is 1.21. The molecule has 1 saturated carbocycles. The van der Waals surface area contributed by atoms with Crippen molar-refractivity contribution in [3.8, 4) is 0 Å². The average Bonchev–Trinajstić information content (AvgIpc) is 2.80. The van der Waals surface area contributed by atoms with Crippen LogP contribution < -0.4 is 5.32 Å². The SMILES string of the molecule is O=C(NC1CCCCC1)C1CCN(C2CCN(C(=O)c3ccccc3F)CC2)CC1. The Morgan fingerprint density at radius 3 is 2.20 bits per heavy atom. The summed E-state index contributed by atoms with van der Waals surface area (Å²) < 4.78 is 13.9. The fourth-order valence-corrected chi connectivity index (χ4v) is 5.33. The van der Waals surface area contributed by atoms with Gasteiger partial charge in [0, 0.05) is 31.1 Å². The van der Waals surface area contributed by atoms with Crippen LogP contribution >= 0.6 is 0 Å². The molecule has 2 saturated heterocycles. The first kappa shape index (κ1) is 21.3. The number of carbonyl (C=O) groups is 2. The van der Waals surface area contributed by atoms with Crippen LogP contribution in [-0.4, -0.2) is 59.9 Å².